The van der Waals surface area contributed by atoms with Gasteiger partial charge in [-0.2, -0.15) is 13.2 Å². The van der Waals surface area contributed by atoms with E-state index in [1.54, 1.807) is 0 Å². The van der Waals surface area contributed by atoms with Gasteiger partial charge in [0, 0.05) is 6.54 Å². The molecule has 1 nitrogen and oxygen atoms in total. The van der Waals surface area contributed by atoms with E-state index in [0.717, 1.165) is 44.1 Å². The number of alkyl halides is 3. The predicted molar refractivity (Wildman–Crippen MR) is 65.5 cm³/mol. The van der Waals surface area contributed by atoms with Crippen molar-refractivity contribution in [2.75, 3.05) is 19.6 Å². The summed E-state index contributed by atoms with van der Waals surface area (Å²) >= 11 is 0. The minimum absolute atomic E-state index is 0.237. The molecule has 4 heteroatoms. The lowest BCUT2D eigenvalue weighted by Crippen LogP contribution is -2.34. The average Bonchev–Trinajstić information content (AvgIpc) is 2.38. The molecule has 0 amide bonds. The van der Waals surface area contributed by atoms with Gasteiger partial charge in [-0.15, -0.1) is 0 Å². The highest BCUT2D eigenvalue weighted by Gasteiger charge is 2.31. The van der Waals surface area contributed by atoms with Crippen LogP contribution in [-0.2, 0) is 6.18 Å². The molecule has 2 rings (SSSR count). The zero-order chi connectivity index (χ0) is 13.2. The molecule has 0 saturated carbocycles. The van der Waals surface area contributed by atoms with E-state index >= 15 is 0 Å². The maximum atomic E-state index is 12.7. The molecule has 1 aromatic carbocycles. The van der Waals surface area contributed by atoms with Gasteiger partial charge in [-0.25, -0.2) is 0 Å². The van der Waals surface area contributed by atoms with Crippen molar-refractivity contribution in [3.05, 3.63) is 35.4 Å². The van der Waals surface area contributed by atoms with Crippen LogP contribution in [0.2, 0.25) is 0 Å². The SMILES string of the molecule is CCN1CCCC(c2cccc(C(F)(F)F)c2)C1. The Bertz CT molecular complexity index is 400. The monoisotopic (exact) mass is 257 g/mol. The van der Waals surface area contributed by atoms with Gasteiger partial charge < -0.3 is 4.90 Å². The second-order valence-corrected chi connectivity index (χ2v) is 4.86. The summed E-state index contributed by atoms with van der Waals surface area (Å²) in [7, 11) is 0. The van der Waals surface area contributed by atoms with E-state index in [4.69, 9.17) is 0 Å². The number of likely N-dealkylation sites (N-methyl/N-ethyl adjacent to an activating group) is 1. The van der Waals surface area contributed by atoms with Gasteiger partial charge in [0.05, 0.1) is 5.56 Å². The summed E-state index contributed by atoms with van der Waals surface area (Å²) in [6, 6.07) is 5.79. The average molecular weight is 257 g/mol. The molecule has 0 bridgehead atoms. The van der Waals surface area contributed by atoms with E-state index < -0.39 is 11.7 Å². The maximum Gasteiger partial charge on any atom is 0.416 e. The molecule has 18 heavy (non-hydrogen) atoms. The largest absolute Gasteiger partial charge is 0.416 e. The van der Waals surface area contributed by atoms with E-state index in [1.165, 1.54) is 12.1 Å². The lowest BCUT2D eigenvalue weighted by atomic mass is 9.89. The summed E-state index contributed by atoms with van der Waals surface area (Å²) in [6.07, 6.45) is -2.19. The third-order valence-corrected chi connectivity index (χ3v) is 3.64. The van der Waals surface area contributed by atoms with Gasteiger partial charge in [0.1, 0.15) is 0 Å². The maximum absolute atomic E-state index is 12.7. The molecule has 1 aliphatic heterocycles. The summed E-state index contributed by atoms with van der Waals surface area (Å²) in [5.41, 5.74) is 0.289. The van der Waals surface area contributed by atoms with Crippen LogP contribution in [-0.4, -0.2) is 24.5 Å². The predicted octanol–water partition coefficient (Wildman–Crippen LogP) is 3.90. The van der Waals surface area contributed by atoms with E-state index in [0.29, 0.717) is 0 Å². The van der Waals surface area contributed by atoms with Gasteiger partial charge in [0.15, 0.2) is 0 Å². The topological polar surface area (TPSA) is 3.24 Å². The van der Waals surface area contributed by atoms with Crippen molar-refractivity contribution in [3.8, 4) is 0 Å². The number of rotatable bonds is 2. The molecule has 1 aliphatic rings. The van der Waals surface area contributed by atoms with Crippen molar-refractivity contribution in [2.24, 2.45) is 0 Å². The second kappa shape index (κ2) is 5.31. The Morgan fingerprint density at radius 1 is 1.33 bits per heavy atom. The molecule has 1 aromatic rings. The molecule has 1 unspecified atom stereocenters. The molecule has 0 radical (unpaired) electrons. The second-order valence-electron chi connectivity index (χ2n) is 4.86. The number of hydrogen-bond acceptors (Lipinski definition) is 1. The highest BCUT2D eigenvalue weighted by Crippen LogP contribution is 2.33. The molecular formula is C14H18F3N. The fourth-order valence-corrected chi connectivity index (χ4v) is 2.58. The number of likely N-dealkylation sites (tertiary alicyclic amines) is 1. The van der Waals surface area contributed by atoms with E-state index in [-0.39, 0.29) is 5.92 Å². The van der Waals surface area contributed by atoms with Gasteiger partial charge in [-0.3, -0.25) is 0 Å². The van der Waals surface area contributed by atoms with Crippen molar-refractivity contribution in [2.45, 2.75) is 31.9 Å². The molecule has 0 spiro atoms. The standard InChI is InChI=1S/C14H18F3N/c1-2-18-8-4-6-12(10-18)11-5-3-7-13(9-11)14(15,16)17/h3,5,7,9,12H,2,4,6,8,10H2,1H3. The van der Waals surface area contributed by atoms with Crippen LogP contribution in [0.3, 0.4) is 0 Å². The Morgan fingerprint density at radius 2 is 2.11 bits per heavy atom. The number of piperidine rings is 1. The minimum atomic E-state index is -4.24. The number of nitrogens with zero attached hydrogens (tertiary/aromatic N) is 1. The Morgan fingerprint density at radius 3 is 2.78 bits per heavy atom. The lowest BCUT2D eigenvalue weighted by molar-refractivity contribution is -0.137. The summed E-state index contributed by atoms with van der Waals surface area (Å²) in [4.78, 5) is 2.30. The van der Waals surface area contributed by atoms with Crippen LogP contribution in [0.5, 0.6) is 0 Å². The van der Waals surface area contributed by atoms with Gasteiger partial charge in [-0.05, 0) is 43.5 Å². The van der Waals surface area contributed by atoms with Gasteiger partial charge in [0.25, 0.3) is 0 Å². The van der Waals surface area contributed by atoms with Crippen LogP contribution >= 0.6 is 0 Å². The first-order valence-electron chi connectivity index (χ1n) is 6.40. The van der Waals surface area contributed by atoms with Crippen molar-refractivity contribution in [1.82, 2.24) is 4.90 Å². The lowest BCUT2D eigenvalue weighted by Gasteiger charge is -2.32. The van der Waals surface area contributed by atoms with E-state index in [1.807, 2.05) is 6.07 Å². The normalized spacial score (nSPS) is 22.1. The molecule has 1 heterocycles. The van der Waals surface area contributed by atoms with Crippen molar-refractivity contribution < 1.29 is 13.2 Å². The Kier molecular flexibility index (Phi) is 3.95. The van der Waals surface area contributed by atoms with Crippen LogP contribution in [0.4, 0.5) is 13.2 Å². The Balaban J connectivity index is 2.18. The minimum Gasteiger partial charge on any atom is -0.303 e. The highest BCUT2D eigenvalue weighted by atomic mass is 19.4. The highest BCUT2D eigenvalue weighted by molar-refractivity contribution is 5.28. The summed E-state index contributed by atoms with van der Waals surface area (Å²) < 4.78 is 38.0. The zero-order valence-corrected chi connectivity index (χ0v) is 10.5. The van der Waals surface area contributed by atoms with Crippen LogP contribution < -0.4 is 0 Å². The number of hydrogen-bond donors (Lipinski definition) is 0. The van der Waals surface area contributed by atoms with Crippen LogP contribution in [0.1, 0.15) is 36.8 Å². The fraction of sp³-hybridized carbons (Fsp3) is 0.571. The number of halogens is 3. The zero-order valence-electron chi connectivity index (χ0n) is 10.5. The third-order valence-electron chi connectivity index (χ3n) is 3.64. The first-order valence-corrected chi connectivity index (χ1v) is 6.40. The Labute approximate surface area is 106 Å². The van der Waals surface area contributed by atoms with Crippen molar-refractivity contribution >= 4 is 0 Å². The Hall–Kier alpha value is -1.03. The molecule has 0 aromatic heterocycles. The van der Waals surface area contributed by atoms with Crippen LogP contribution in [0, 0.1) is 0 Å². The molecule has 1 fully saturated rings. The van der Waals surface area contributed by atoms with Crippen LogP contribution in [0.15, 0.2) is 24.3 Å². The molecular weight excluding hydrogens is 239 g/mol. The number of benzene rings is 1. The third kappa shape index (κ3) is 3.05. The quantitative estimate of drug-likeness (QED) is 0.776. The summed E-state index contributed by atoms with van der Waals surface area (Å²) in [5, 5.41) is 0. The molecule has 0 N–H and O–H groups in total. The summed E-state index contributed by atoms with van der Waals surface area (Å²) in [6.45, 7) is 4.99. The fourth-order valence-electron chi connectivity index (χ4n) is 2.58. The smallest absolute Gasteiger partial charge is 0.303 e. The first-order chi connectivity index (χ1) is 8.50. The van der Waals surface area contributed by atoms with E-state index in [2.05, 4.69) is 11.8 Å². The van der Waals surface area contributed by atoms with Gasteiger partial charge in [0.2, 0.25) is 0 Å². The molecule has 100 valence electrons. The van der Waals surface area contributed by atoms with Gasteiger partial charge in [-0.1, -0.05) is 25.1 Å². The first kappa shape index (κ1) is 13.4. The molecule has 0 aliphatic carbocycles. The van der Waals surface area contributed by atoms with Gasteiger partial charge >= 0.3 is 6.18 Å². The van der Waals surface area contributed by atoms with Crippen molar-refractivity contribution in [3.63, 3.8) is 0 Å². The molecule has 1 atom stereocenters. The van der Waals surface area contributed by atoms with Crippen molar-refractivity contribution in [1.29, 1.82) is 0 Å². The molecule has 1 saturated heterocycles. The van der Waals surface area contributed by atoms with Crippen LogP contribution in [0.25, 0.3) is 0 Å². The summed E-state index contributed by atoms with van der Waals surface area (Å²) in [5.74, 6) is 0.237. The van der Waals surface area contributed by atoms with E-state index in [9.17, 15) is 13.2 Å².